The molecule has 0 bridgehead atoms. The highest BCUT2D eigenvalue weighted by molar-refractivity contribution is 5.51. The Morgan fingerprint density at radius 1 is 1.29 bits per heavy atom. The van der Waals surface area contributed by atoms with Crippen LogP contribution in [0.4, 0.5) is 5.69 Å². The lowest BCUT2D eigenvalue weighted by atomic mass is 9.97. The predicted molar refractivity (Wildman–Crippen MR) is 81.7 cm³/mol. The van der Waals surface area contributed by atoms with Gasteiger partial charge in [-0.1, -0.05) is 32.9 Å². The van der Waals surface area contributed by atoms with Crippen molar-refractivity contribution in [1.29, 1.82) is 0 Å². The number of nitrogen functional groups attached to an aromatic ring is 1. The normalized spacial score (nSPS) is 16.0. The minimum Gasteiger partial charge on any atom is -0.423 e. The zero-order valence-corrected chi connectivity index (χ0v) is 12.9. The lowest BCUT2D eigenvalue weighted by Crippen LogP contribution is -2.30. The van der Waals surface area contributed by atoms with E-state index in [4.69, 9.17) is 10.2 Å². The number of nitrogens with zero attached hydrogens (tertiary/aromatic N) is 3. The summed E-state index contributed by atoms with van der Waals surface area (Å²) in [5.41, 5.74) is 9.42. The summed E-state index contributed by atoms with van der Waals surface area (Å²) in [7, 11) is 0. The zero-order valence-electron chi connectivity index (χ0n) is 12.9. The molecule has 112 valence electrons. The summed E-state index contributed by atoms with van der Waals surface area (Å²) < 4.78 is 5.77. The van der Waals surface area contributed by atoms with Gasteiger partial charge in [0.05, 0.1) is 6.54 Å². The van der Waals surface area contributed by atoms with Crippen LogP contribution in [-0.4, -0.2) is 21.6 Å². The van der Waals surface area contributed by atoms with Crippen LogP contribution in [0.5, 0.6) is 0 Å². The van der Waals surface area contributed by atoms with E-state index >= 15 is 0 Å². The lowest BCUT2D eigenvalue weighted by Gasteiger charge is -2.28. The number of rotatable bonds is 2. The molecule has 0 amide bonds. The van der Waals surface area contributed by atoms with Gasteiger partial charge in [-0.3, -0.25) is 4.90 Å². The van der Waals surface area contributed by atoms with Crippen LogP contribution in [0.15, 0.2) is 22.6 Å². The van der Waals surface area contributed by atoms with E-state index in [9.17, 15) is 0 Å². The van der Waals surface area contributed by atoms with Crippen molar-refractivity contribution in [2.45, 2.75) is 45.7 Å². The van der Waals surface area contributed by atoms with E-state index in [0.717, 1.165) is 25.2 Å². The first-order chi connectivity index (χ1) is 9.93. The molecule has 0 unspecified atom stereocenters. The molecular formula is C16H22N4O. The molecule has 3 rings (SSSR count). The highest BCUT2D eigenvalue weighted by atomic mass is 16.4. The maximum absolute atomic E-state index is 6.03. The lowest BCUT2D eigenvalue weighted by molar-refractivity contribution is 0.216. The average molecular weight is 286 g/mol. The Morgan fingerprint density at radius 2 is 2.10 bits per heavy atom. The van der Waals surface area contributed by atoms with Crippen LogP contribution in [0, 0.1) is 0 Å². The number of aromatic nitrogens is 2. The summed E-state index contributed by atoms with van der Waals surface area (Å²) in [5, 5.41) is 8.32. The van der Waals surface area contributed by atoms with Crippen molar-refractivity contribution in [1.82, 2.24) is 15.1 Å². The molecular weight excluding hydrogens is 264 g/mol. The fourth-order valence-electron chi connectivity index (χ4n) is 2.64. The van der Waals surface area contributed by atoms with E-state index in [-0.39, 0.29) is 5.41 Å². The van der Waals surface area contributed by atoms with Gasteiger partial charge in [0.1, 0.15) is 0 Å². The van der Waals surface area contributed by atoms with Crippen LogP contribution in [0.1, 0.15) is 43.7 Å². The fourth-order valence-corrected chi connectivity index (χ4v) is 2.64. The van der Waals surface area contributed by atoms with Crippen LogP contribution < -0.4 is 5.73 Å². The Hall–Kier alpha value is -1.88. The molecule has 1 aromatic heterocycles. The van der Waals surface area contributed by atoms with Crippen molar-refractivity contribution < 1.29 is 4.42 Å². The Kier molecular flexibility index (Phi) is 3.45. The summed E-state index contributed by atoms with van der Waals surface area (Å²) in [6.07, 6.45) is 0.974. The Balaban J connectivity index is 1.71. The van der Waals surface area contributed by atoms with Crippen molar-refractivity contribution in [3.8, 4) is 0 Å². The second kappa shape index (κ2) is 5.15. The Morgan fingerprint density at radius 3 is 2.81 bits per heavy atom. The third-order valence-electron chi connectivity index (χ3n) is 3.85. The Labute approximate surface area is 125 Å². The van der Waals surface area contributed by atoms with Crippen LogP contribution in [0.3, 0.4) is 0 Å². The van der Waals surface area contributed by atoms with Gasteiger partial charge in [0, 0.05) is 24.2 Å². The van der Waals surface area contributed by atoms with Crippen LogP contribution in [-0.2, 0) is 24.9 Å². The highest BCUT2D eigenvalue weighted by Crippen LogP contribution is 2.26. The molecule has 0 atom stereocenters. The molecule has 2 aromatic rings. The van der Waals surface area contributed by atoms with Crippen molar-refractivity contribution in [3.63, 3.8) is 0 Å². The molecule has 5 heteroatoms. The number of hydrogen-bond acceptors (Lipinski definition) is 5. The topological polar surface area (TPSA) is 68.2 Å². The molecule has 0 aliphatic carbocycles. The first-order valence-corrected chi connectivity index (χ1v) is 7.35. The quantitative estimate of drug-likeness (QED) is 0.859. The van der Waals surface area contributed by atoms with E-state index in [1.807, 2.05) is 12.1 Å². The third-order valence-corrected chi connectivity index (χ3v) is 3.85. The molecule has 0 saturated heterocycles. The second-order valence-electron chi connectivity index (χ2n) is 6.70. The van der Waals surface area contributed by atoms with Gasteiger partial charge in [0.15, 0.2) is 0 Å². The first-order valence-electron chi connectivity index (χ1n) is 7.35. The number of anilines is 1. The molecule has 0 spiro atoms. The van der Waals surface area contributed by atoms with Gasteiger partial charge in [-0.05, 0) is 23.6 Å². The maximum Gasteiger partial charge on any atom is 0.230 e. The number of benzene rings is 1. The van der Waals surface area contributed by atoms with E-state index in [0.29, 0.717) is 18.3 Å². The number of nitrogens with two attached hydrogens (primary N) is 1. The van der Waals surface area contributed by atoms with Crippen LogP contribution in [0.25, 0.3) is 0 Å². The zero-order chi connectivity index (χ0) is 15.0. The van der Waals surface area contributed by atoms with Gasteiger partial charge < -0.3 is 10.2 Å². The molecule has 1 aliphatic heterocycles. The summed E-state index contributed by atoms with van der Waals surface area (Å²) in [4.78, 5) is 2.32. The summed E-state index contributed by atoms with van der Waals surface area (Å²) in [6.45, 7) is 8.76. The van der Waals surface area contributed by atoms with E-state index in [1.54, 1.807) is 0 Å². The van der Waals surface area contributed by atoms with E-state index in [1.165, 1.54) is 11.1 Å². The maximum atomic E-state index is 6.03. The van der Waals surface area contributed by atoms with Crippen molar-refractivity contribution >= 4 is 5.69 Å². The van der Waals surface area contributed by atoms with Gasteiger partial charge in [-0.15, -0.1) is 10.2 Å². The molecule has 0 fully saturated rings. The number of hydrogen-bond donors (Lipinski definition) is 1. The molecule has 1 aliphatic rings. The highest BCUT2D eigenvalue weighted by Gasteiger charge is 2.23. The smallest absolute Gasteiger partial charge is 0.230 e. The Bertz CT molecular complexity index is 642. The van der Waals surface area contributed by atoms with Crippen molar-refractivity contribution in [2.24, 2.45) is 0 Å². The van der Waals surface area contributed by atoms with Crippen LogP contribution >= 0.6 is 0 Å². The number of fused-ring (bicyclic) bond motifs is 1. The molecule has 21 heavy (non-hydrogen) atoms. The first kappa shape index (κ1) is 14.1. The van der Waals surface area contributed by atoms with Gasteiger partial charge in [-0.25, -0.2) is 0 Å². The van der Waals surface area contributed by atoms with E-state index < -0.39 is 0 Å². The van der Waals surface area contributed by atoms with Gasteiger partial charge >= 0.3 is 0 Å². The molecule has 5 nitrogen and oxygen atoms in total. The fraction of sp³-hybridized carbons (Fsp3) is 0.500. The van der Waals surface area contributed by atoms with Crippen molar-refractivity contribution in [3.05, 3.63) is 41.1 Å². The monoisotopic (exact) mass is 286 g/mol. The molecule has 2 heterocycles. The molecule has 0 saturated carbocycles. The van der Waals surface area contributed by atoms with Gasteiger partial charge in [-0.2, -0.15) is 0 Å². The SMILES string of the molecule is CC(C)(C)c1nnc(CN2CCc3c(N)cccc3C2)o1. The minimum absolute atomic E-state index is 0.103. The van der Waals surface area contributed by atoms with Crippen LogP contribution in [0.2, 0.25) is 0 Å². The third kappa shape index (κ3) is 2.93. The largest absolute Gasteiger partial charge is 0.423 e. The van der Waals surface area contributed by atoms with Crippen molar-refractivity contribution in [2.75, 3.05) is 12.3 Å². The van der Waals surface area contributed by atoms with Gasteiger partial charge in [0.25, 0.3) is 0 Å². The summed E-state index contributed by atoms with van der Waals surface area (Å²) in [6, 6.07) is 6.14. The average Bonchev–Trinajstić information content (AvgIpc) is 2.87. The van der Waals surface area contributed by atoms with E-state index in [2.05, 4.69) is 41.9 Å². The molecule has 0 radical (unpaired) electrons. The minimum atomic E-state index is -0.103. The second-order valence-corrected chi connectivity index (χ2v) is 6.70. The predicted octanol–water partition coefficient (Wildman–Crippen LogP) is 2.51. The molecule has 1 aromatic carbocycles. The van der Waals surface area contributed by atoms with Gasteiger partial charge in [0.2, 0.25) is 11.8 Å². The standard InChI is InChI=1S/C16H22N4O/c1-16(2,3)15-19-18-14(21-15)10-20-8-7-12-11(9-20)5-4-6-13(12)17/h4-6H,7-10,17H2,1-3H3. The summed E-state index contributed by atoms with van der Waals surface area (Å²) >= 11 is 0. The molecule has 2 N–H and O–H groups in total. The summed E-state index contributed by atoms with van der Waals surface area (Å²) in [5.74, 6) is 1.38.